The summed E-state index contributed by atoms with van der Waals surface area (Å²) in [5.74, 6) is -0.451. The summed E-state index contributed by atoms with van der Waals surface area (Å²) < 4.78 is 33.5. The molecular formula is C20H20N2O5S. The van der Waals surface area contributed by atoms with E-state index in [1.807, 2.05) is 19.1 Å². The first kappa shape index (κ1) is 18.5. The van der Waals surface area contributed by atoms with Crippen molar-refractivity contribution in [2.75, 3.05) is 16.3 Å². The summed E-state index contributed by atoms with van der Waals surface area (Å²) in [4.78, 5) is 25.4. The van der Waals surface area contributed by atoms with Crippen LogP contribution in [0.4, 0.5) is 11.4 Å². The van der Waals surface area contributed by atoms with Crippen molar-refractivity contribution in [2.45, 2.75) is 37.1 Å². The Morgan fingerprint density at radius 2 is 1.68 bits per heavy atom. The number of anilines is 2. The molecule has 2 aliphatic rings. The quantitative estimate of drug-likeness (QED) is 0.737. The summed E-state index contributed by atoms with van der Waals surface area (Å²) in [5.41, 5.74) is 1.79. The molecule has 2 aromatic carbocycles. The molecule has 0 saturated carbocycles. The minimum absolute atomic E-state index is 0.0133. The number of nitrogens with zero attached hydrogens (tertiary/aromatic N) is 2. The molecule has 0 aliphatic carbocycles. The van der Waals surface area contributed by atoms with Crippen molar-refractivity contribution in [2.24, 2.45) is 0 Å². The van der Waals surface area contributed by atoms with Crippen molar-refractivity contribution in [3.05, 3.63) is 48.0 Å². The molecule has 2 amide bonds. The second kappa shape index (κ2) is 6.63. The van der Waals surface area contributed by atoms with Crippen LogP contribution in [0.3, 0.4) is 0 Å². The van der Waals surface area contributed by atoms with E-state index in [2.05, 4.69) is 0 Å². The highest BCUT2D eigenvalue weighted by molar-refractivity contribution is 7.92. The number of imide groups is 1. The standard InChI is InChI=1S/C20H20N2O5S/c1-13-11-14-5-3-4-6-16(14)22(13)28(25,26)15-7-8-18(27-2)17(12-15)21-19(23)9-10-20(21)24/h3-8,12-13H,9-11H2,1-2H3/t13-/m0/s1. The lowest BCUT2D eigenvalue weighted by molar-refractivity contribution is -0.121. The van der Waals surface area contributed by atoms with Gasteiger partial charge in [-0.1, -0.05) is 18.2 Å². The van der Waals surface area contributed by atoms with Crippen LogP contribution < -0.4 is 13.9 Å². The lowest BCUT2D eigenvalue weighted by Crippen LogP contribution is -2.36. The molecule has 2 aromatic rings. The van der Waals surface area contributed by atoms with E-state index >= 15 is 0 Å². The van der Waals surface area contributed by atoms with Crippen LogP contribution in [0.15, 0.2) is 47.4 Å². The monoisotopic (exact) mass is 400 g/mol. The topological polar surface area (TPSA) is 84.0 Å². The van der Waals surface area contributed by atoms with Crippen LogP contribution in [0.25, 0.3) is 0 Å². The number of benzene rings is 2. The van der Waals surface area contributed by atoms with Crippen molar-refractivity contribution in [3.63, 3.8) is 0 Å². The highest BCUT2D eigenvalue weighted by Crippen LogP contribution is 2.39. The zero-order valence-corrected chi connectivity index (χ0v) is 16.4. The van der Waals surface area contributed by atoms with Gasteiger partial charge in [0.15, 0.2) is 0 Å². The molecule has 1 atom stereocenters. The summed E-state index contributed by atoms with van der Waals surface area (Å²) in [6, 6.07) is 11.4. The molecule has 0 N–H and O–H groups in total. The highest BCUT2D eigenvalue weighted by Gasteiger charge is 2.38. The predicted octanol–water partition coefficient (Wildman–Crippen LogP) is 2.49. The zero-order valence-electron chi connectivity index (χ0n) is 15.6. The number of carbonyl (C=O) groups excluding carboxylic acids is 2. The Kier molecular flexibility index (Phi) is 4.38. The fraction of sp³-hybridized carbons (Fsp3) is 0.300. The Morgan fingerprint density at radius 1 is 1.00 bits per heavy atom. The van der Waals surface area contributed by atoms with E-state index in [1.54, 1.807) is 12.1 Å². The number of para-hydroxylation sites is 1. The van der Waals surface area contributed by atoms with Crippen LogP contribution in [-0.2, 0) is 26.0 Å². The van der Waals surface area contributed by atoms with Gasteiger partial charge in [0.2, 0.25) is 11.8 Å². The Hall–Kier alpha value is -2.87. The first-order chi connectivity index (χ1) is 13.3. The predicted molar refractivity (Wildman–Crippen MR) is 104 cm³/mol. The molecule has 2 aliphatic heterocycles. The molecule has 4 rings (SSSR count). The van der Waals surface area contributed by atoms with E-state index < -0.39 is 10.0 Å². The Balaban J connectivity index is 1.82. The molecular weight excluding hydrogens is 380 g/mol. The van der Waals surface area contributed by atoms with E-state index in [0.29, 0.717) is 12.1 Å². The number of rotatable bonds is 4. The third-order valence-electron chi connectivity index (χ3n) is 5.14. The molecule has 0 aromatic heterocycles. The maximum absolute atomic E-state index is 13.4. The van der Waals surface area contributed by atoms with E-state index in [4.69, 9.17) is 4.74 Å². The number of hydrogen-bond acceptors (Lipinski definition) is 5. The normalized spacial score (nSPS) is 19.3. The van der Waals surface area contributed by atoms with Gasteiger partial charge < -0.3 is 4.74 Å². The van der Waals surface area contributed by atoms with Crippen molar-refractivity contribution in [1.29, 1.82) is 0 Å². The molecule has 0 radical (unpaired) electrons. The van der Waals surface area contributed by atoms with Gasteiger partial charge in [0.05, 0.1) is 23.4 Å². The average molecular weight is 400 g/mol. The van der Waals surface area contributed by atoms with Gasteiger partial charge >= 0.3 is 0 Å². The maximum atomic E-state index is 13.4. The van der Waals surface area contributed by atoms with Crippen LogP contribution in [-0.4, -0.2) is 33.4 Å². The van der Waals surface area contributed by atoms with Crippen molar-refractivity contribution in [3.8, 4) is 5.75 Å². The largest absolute Gasteiger partial charge is 0.495 e. The first-order valence-corrected chi connectivity index (χ1v) is 10.4. The van der Waals surface area contributed by atoms with E-state index in [-0.39, 0.29) is 47.0 Å². The van der Waals surface area contributed by atoms with Gasteiger partial charge in [-0.3, -0.25) is 13.9 Å². The number of sulfonamides is 1. The Labute approximate surface area is 163 Å². The van der Waals surface area contributed by atoms with Gasteiger partial charge in [0.25, 0.3) is 10.0 Å². The third kappa shape index (κ3) is 2.75. The fourth-order valence-corrected chi connectivity index (χ4v) is 5.58. The fourth-order valence-electron chi connectivity index (χ4n) is 3.87. The summed E-state index contributed by atoms with van der Waals surface area (Å²) in [6.45, 7) is 1.86. The summed E-state index contributed by atoms with van der Waals surface area (Å²) in [5, 5.41) is 0. The first-order valence-electron chi connectivity index (χ1n) is 9.00. The maximum Gasteiger partial charge on any atom is 0.264 e. The smallest absolute Gasteiger partial charge is 0.264 e. The lowest BCUT2D eigenvalue weighted by Gasteiger charge is -2.25. The Bertz CT molecular complexity index is 1060. The van der Waals surface area contributed by atoms with Crippen LogP contribution in [0.2, 0.25) is 0 Å². The van der Waals surface area contributed by atoms with E-state index in [0.717, 1.165) is 10.5 Å². The molecule has 8 heteroatoms. The summed E-state index contributed by atoms with van der Waals surface area (Å²) in [7, 11) is -2.47. The van der Waals surface area contributed by atoms with Crippen LogP contribution in [0.5, 0.6) is 5.75 Å². The molecule has 0 spiro atoms. The van der Waals surface area contributed by atoms with Gasteiger partial charge in [-0.05, 0) is 43.2 Å². The van der Waals surface area contributed by atoms with Gasteiger partial charge in [-0.2, -0.15) is 0 Å². The Morgan fingerprint density at radius 3 is 2.36 bits per heavy atom. The third-order valence-corrected chi connectivity index (χ3v) is 7.07. The highest BCUT2D eigenvalue weighted by atomic mass is 32.2. The molecule has 7 nitrogen and oxygen atoms in total. The molecule has 0 unspecified atom stereocenters. The number of ether oxygens (including phenoxy) is 1. The van der Waals surface area contributed by atoms with Crippen molar-refractivity contribution in [1.82, 2.24) is 0 Å². The van der Waals surface area contributed by atoms with Crippen LogP contribution in [0.1, 0.15) is 25.3 Å². The SMILES string of the molecule is COc1ccc(S(=O)(=O)N2c3ccccc3C[C@@H]2C)cc1N1C(=O)CCC1=O. The molecule has 0 bridgehead atoms. The lowest BCUT2D eigenvalue weighted by atomic mass is 10.1. The average Bonchev–Trinajstić information content (AvgIpc) is 3.19. The second-order valence-corrected chi connectivity index (χ2v) is 8.75. The second-order valence-electron chi connectivity index (χ2n) is 6.94. The number of carbonyl (C=O) groups is 2. The molecule has 146 valence electrons. The van der Waals surface area contributed by atoms with Crippen LogP contribution in [0, 0.1) is 0 Å². The molecule has 28 heavy (non-hydrogen) atoms. The van der Waals surface area contributed by atoms with E-state index in [1.165, 1.54) is 29.6 Å². The van der Waals surface area contributed by atoms with Crippen molar-refractivity contribution < 1.29 is 22.7 Å². The molecule has 2 heterocycles. The van der Waals surface area contributed by atoms with Crippen molar-refractivity contribution >= 4 is 33.2 Å². The number of fused-ring (bicyclic) bond motifs is 1. The van der Waals surface area contributed by atoms with Gasteiger partial charge in [0.1, 0.15) is 5.75 Å². The van der Waals surface area contributed by atoms with Gasteiger partial charge in [-0.15, -0.1) is 0 Å². The van der Waals surface area contributed by atoms with Gasteiger partial charge in [0, 0.05) is 18.9 Å². The number of hydrogen-bond donors (Lipinski definition) is 0. The minimum atomic E-state index is -3.88. The summed E-state index contributed by atoms with van der Waals surface area (Å²) >= 11 is 0. The molecule has 1 fully saturated rings. The van der Waals surface area contributed by atoms with Gasteiger partial charge in [-0.25, -0.2) is 13.3 Å². The zero-order chi connectivity index (χ0) is 20.1. The minimum Gasteiger partial charge on any atom is -0.495 e. The van der Waals surface area contributed by atoms with Crippen LogP contribution >= 0.6 is 0 Å². The van der Waals surface area contributed by atoms with E-state index in [9.17, 15) is 18.0 Å². The number of amides is 2. The summed E-state index contributed by atoms with van der Waals surface area (Å²) in [6.07, 6.45) is 0.840. The number of methoxy groups -OCH3 is 1. The molecule has 1 saturated heterocycles.